The summed E-state index contributed by atoms with van der Waals surface area (Å²) in [6, 6.07) is 12.2. The molecule has 116 valence electrons. The number of ether oxygens (including phenoxy) is 3. The van der Waals surface area contributed by atoms with E-state index in [0.29, 0.717) is 22.9 Å². The van der Waals surface area contributed by atoms with E-state index in [1.807, 2.05) is 18.2 Å². The van der Waals surface area contributed by atoms with Gasteiger partial charge in [-0.25, -0.2) is 0 Å². The first-order valence-corrected chi connectivity index (χ1v) is 7.21. The van der Waals surface area contributed by atoms with Crippen molar-refractivity contribution in [2.24, 2.45) is 0 Å². The fraction of sp³-hybridized carbons (Fsp3) is 0.176. The van der Waals surface area contributed by atoms with Crippen molar-refractivity contribution in [1.82, 2.24) is 0 Å². The molecule has 2 aromatic rings. The van der Waals surface area contributed by atoms with Gasteiger partial charge in [0.1, 0.15) is 5.75 Å². The Kier molecular flexibility index (Phi) is 3.15. The highest BCUT2D eigenvalue weighted by molar-refractivity contribution is 6.00. The van der Waals surface area contributed by atoms with Crippen LogP contribution < -0.4 is 19.5 Å². The van der Waals surface area contributed by atoms with Crippen molar-refractivity contribution in [3.63, 3.8) is 0 Å². The third-order valence-corrected chi connectivity index (χ3v) is 3.85. The van der Waals surface area contributed by atoms with Crippen molar-refractivity contribution in [3.05, 3.63) is 48.0 Å². The van der Waals surface area contributed by atoms with Crippen molar-refractivity contribution in [3.8, 4) is 17.2 Å². The Balaban J connectivity index is 1.59. The second-order valence-electron chi connectivity index (χ2n) is 5.33. The van der Waals surface area contributed by atoms with Crippen LogP contribution in [0.3, 0.4) is 0 Å². The third kappa shape index (κ3) is 2.48. The smallest absolute Gasteiger partial charge is 0.319 e. The highest BCUT2D eigenvalue weighted by Gasteiger charge is 2.32. The van der Waals surface area contributed by atoms with E-state index in [9.17, 15) is 9.59 Å². The molecule has 0 saturated heterocycles. The number of anilines is 1. The van der Waals surface area contributed by atoms with Crippen molar-refractivity contribution in [2.75, 3.05) is 12.1 Å². The number of amides is 1. The number of hydrogen-bond acceptors (Lipinski definition) is 5. The molecule has 0 aromatic heterocycles. The number of para-hydroxylation sites is 1. The lowest BCUT2D eigenvalue weighted by Crippen LogP contribution is -2.29. The van der Waals surface area contributed by atoms with E-state index in [-0.39, 0.29) is 19.1 Å². The van der Waals surface area contributed by atoms with Gasteiger partial charge in [0, 0.05) is 18.2 Å². The number of carbonyl (C=O) groups is 2. The van der Waals surface area contributed by atoms with Crippen LogP contribution in [0.25, 0.3) is 0 Å². The molecule has 23 heavy (non-hydrogen) atoms. The Morgan fingerprint density at radius 3 is 2.87 bits per heavy atom. The molecule has 1 N–H and O–H groups in total. The molecule has 0 bridgehead atoms. The minimum absolute atomic E-state index is 0.0698. The molecule has 2 aliphatic heterocycles. The Morgan fingerprint density at radius 1 is 1.13 bits per heavy atom. The monoisotopic (exact) mass is 311 g/mol. The Labute approximate surface area is 132 Å². The lowest BCUT2D eigenvalue weighted by Gasteiger charge is -2.24. The predicted octanol–water partition coefficient (Wildman–Crippen LogP) is 2.45. The summed E-state index contributed by atoms with van der Waals surface area (Å²) >= 11 is 0. The van der Waals surface area contributed by atoms with E-state index in [1.165, 1.54) is 0 Å². The number of benzene rings is 2. The van der Waals surface area contributed by atoms with Crippen LogP contribution in [0.5, 0.6) is 17.2 Å². The molecule has 2 aliphatic rings. The first-order valence-electron chi connectivity index (χ1n) is 7.21. The maximum atomic E-state index is 12.5. The summed E-state index contributed by atoms with van der Waals surface area (Å²) in [5, 5.41) is 2.76. The van der Waals surface area contributed by atoms with E-state index in [1.54, 1.807) is 24.3 Å². The molecule has 0 aliphatic carbocycles. The molecule has 0 fully saturated rings. The number of carbonyl (C=O) groups excluding carboxylic acids is 2. The highest BCUT2D eigenvalue weighted by atomic mass is 16.7. The van der Waals surface area contributed by atoms with Crippen molar-refractivity contribution >= 4 is 17.6 Å². The van der Waals surface area contributed by atoms with E-state index in [4.69, 9.17) is 14.2 Å². The lowest BCUT2D eigenvalue weighted by molar-refractivity contribution is -0.138. The number of fused-ring (bicyclic) bond motifs is 2. The van der Waals surface area contributed by atoms with Gasteiger partial charge in [-0.3, -0.25) is 9.59 Å². The van der Waals surface area contributed by atoms with Crippen LogP contribution in [0.4, 0.5) is 5.69 Å². The second-order valence-corrected chi connectivity index (χ2v) is 5.33. The number of esters is 1. The van der Waals surface area contributed by atoms with Crippen molar-refractivity contribution in [1.29, 1.82) is 0 Å². The van der Waals surface area contributed by atoms with Gasteiger partial charge in [0.25, 0.3) is 0 Å². The van der Waals surface area contributed by atoms with Crippen LogP contribution in [0.1, 0.15) is 17.9 Å². The molecule has 2 aromatic carbocycles. The summed E-state index contributed by atoms with van der Waals surface area (Å²) in [4.78, 5) is 24.3. The van der Waals surface area contributed by atoms with Gasteiger partial charge in [-0.2, -0.15) is 0 Å². The van der Waals surface area contributed by atoms with Gasteiger partial charge in [0.15, 0.2) is 11.5 Å². The molecule has 1 atom stereocenters. The van der Waals surface area contributed by atoms with Crippen LogP contribution in [0.15, 0.2) is 42.5 Å². The van der Waals surface area contributed by atoms with Crippen LogP contribution in [-0.4, -0.2) is 18.7 Å². The second kappa shape index (κ2) is 5.31. The molecule has 6 heteroatoms. The van der Waals surface area contributed by atoms with Crippen molar-refractivity contribution < 1.29 is 23.8 Å². The first-order chi connectivity index (χ1) is 11.2. The molecule has 0 radical (unpaired) electrons. The van der Waals surface area contributed by atoms with Gasteiger partial charge in [0.05, 0.1) is 5.92 Å². The standard InChI is InChI=1S/C17H13NO5/c19-16-8-12(11-3-1-2-4-13(11)18-16)17(20)23-10-5-6-14-15(7-10)22-9-21-14/h1-7,12H,8-9H2,(H,18,19). The fourth-order valence-corrected chi connectivity index (χ4v) is 2.75. The molecular weight excluding hydrogens is 298 g/mol. The average molecular weight is 311 g/mol. The third-order valence-electron chi connectivity index (χ3n) is 3.85. The quantitative estimate of drug-likeness (QED) is 0.681. The van der Waals surface area contributed by atoms with Crippen LogP contribution in [0, 0.1) is 0 Å². The van der Waals surface area contributed by atoms with E-state index < -0.39 is 11.9 Å². The largest absolute Gasteiger partial charge is 0.454 e. The first kappa shape index (κ1) is 13.6. The van der Waals surface area contributed by atoms with E-state index in [0.717, 1.165) is 5.56 Å². The van der Waals surface area contributed by atoms with Crippen LogP contribution >= 0.6 is 0 Å². The number of nitrogens with one attached hydrogen (secondary N) is 1. The minimum Gasteiger partial charge on any atom is -0.454 e. The molecular formula is C17H13NO5. The van der Waals surface area contributed by atoms with Gasteiger partial charge in [-0.1, -0.05) is 18.2 Å². The summed E-state index contributed by atoms with van der Waals surface area (Å²) in [6.07, 6.45) is 0.0698. The number of hydrogen-bond donors (Lipinski definition) is 1. The molecule has 4 rings (SSSR count). The fourth-order valence-electron chi connectivity index (χ4n) is 2.75. The summed E-state index contributed by atoms with van der Waals surface area (Å²) < 4.78 is 15.9. The number of rotatable bonds is 2. The zero-order valence-corrected chi connectivity index (χ0v) is 12.1. The van der Waals surface area contributed by atoms with Crippen LogP contribution in [0.2, 0.25) is 0 Å². The van der Waals surface area contributed by atoms with Crippen molar-refractivity contribution in [2.45, 2.75) is 12.3 Å². The summed E-state index contributed by atoms with van der Waals surface area (Å²) in [5.74, 6) is 0.236. The molecule has 0 saturated carbocycles. The maximum absolute atomic E-state index is 12.5. The van der Waals surface area contributed by atoms with Gasteiger partial charge in [-0.05, 0) is 23.8 Å². The SMILES string of the molecule is O=C1CC(C(=O)Oc2ccc3c(c2)OCO3)c2ccccc2N1. The molecule has 6 nitrogen and oxygen atoms in total. The lowest BCUT2D eigenvalue weighted by atomic mass is 9.91. The van der Waals surface area contributed by atoms with Gasteiger partial charge in [-0.15, -0.1) is 0 Å². The summed E-state index contributed by atoms with van der Waals surface area (Å²) in [7, 11) is 0. The Morgan fingerprint density at radius 2 is 1.96 bits per heavy atom. The Hall–Kier alpha value is -3.02. The zero-order valence-electron chi connectivity index (χ0n) is 12.1. The van der Waals surface area contributed by atoms with Gasteiger partial charge in [0.2, 0.25) is 12.7 Å². The summed E-state index contributed by atoms with van der Waals surface area (Å²) in [6.45, 7) is 0.156. The normalized spacial score (nSPS) is 18.1. The van der Waals surface area contributed by atoms with E-state index >= 15 is 0 Å². The molecule has 0 spiro atoms. The molecule has 1 amide bonds. The zero-order chi connectivity index (χ0) is 15.8. The summed E-state index contributed by atoms with van der Waals surface area (Å²) in [5.41, 5.74) is 1.41. The van der Waals surface area contributed by atoms with E-state index in [2.05, 4.69) is 5.32 Å². The van der Waals surface area contributed by atoms with Crippen LogP contribution in [-0.2, 0) is 9.59 Å². The molecule has 1 unspecified atom stereocenters. The van der Waals surface area contributed by atoms with Gasteiger partial charge >= 0.3 is 5.97 Å². The maximum Gasteiger partial charge on any atom is 0.319 e. The predicted molar refractivity (Wildman–Crippen MR) is 80.6 cm³/mol. The highest BCUT2D eigenvalue weighted by Crippen LogP contribution is 2.37. The topological polar surface area (TPSA) is 73.9 Å². The van der Waals surface area contributed by atoms with Gasteiger partial charge < -0.3 is 19.5 Å². The Bertz CT molecular complexity index is 801. The minimum atomic E-state index is -0.620. The average Bonchev–Trinajstić information content (AvgIpc) is 3.01. The molecule has 2 heterocycles.